The third kappa shape index (κ3) is 2.29. The van der Waals surface area contributed by atoms with Gasteiger partial charge in [-0.1, -0.05) is 41.6 Å². The summed E-state index contributed by atoms with van der Waals surface area (Å²) >= 11 is 0. The van der Waals surface area contributed by atoms with Crippen LogP contribution in [-0.2, 0) is 6.42 Å². The van der Waals surface area contributed by atoms with Crippen molar-refractivity contribution in [2.45, 2.75) is 43.6 Å². The zero-order chi connectivity index (χ0) is 14.2. The van der Waals surface area contributed by atoms with Gasteiger partial charge in [-0.25, -0.2) is 0 Å². The van der Waals surface area contributed by atoms with Gasteiger partial charge in [0.2, 0.25) is 5.89 Å². The Bertz CT molecular complexity index is 676. The van der Waals surface area contributed by atoms with Crippen LogP contribution in [0.5, 0.6) is 0 Å². The van der Waals surface area contributed by atoms with Gasteiger partial charge in [0.25, 0.3) is 0 Å². The van der Waals surface area contributed by atoms with E-state index in [2.05, 4.69) is 40.5 Å². The first kappa shape index (κ1) is 12.8. The van der Waals surface area contributed by atoms with Gasteiger partial charge in [0.15, 0.2) is 5.82 Å². The zero-order valence-electron chi connectivity index (χ0n) is 11.9. The molecule has 2 N–H and O–H groups in total. The summed E-state index contributed by atoms with van der Waals surface area (Å²) in [5, 5.41) is 4.25. The average molecular weight is 281 g/mol. The maximum atomic E-state index is 5.90. The first-order chi connectivity index (χ1) is 10.3. The predicted molar refractivity (Wildman–Crippen MR) is 80.0 cm³/mol. The minimum absolute atomic E-state index is 0.112. The molecule has 3 atom stereocenters. The Morgan fingerprint density at radius 1 is 1.19 bits per heavy atom. The lowest BCUT2D eigenvalue weighted by molar-refractivity contribution is 0.357. The van der Waals surface area contributed by atoms with E-state index in [0.717, 1.165) is 25.1 Å². The minimum Gasteiger partial charge on any atom is -0.339 e. The summed E-state index contributed by atoms with van der Waals surface area (Å²) in [6, 6.07) is 8.72. The molecule has 0 radical (unpaired) electrons. The van der Waals surface area contributed by atoms with Gasteiger partial charge in [0.05, 0.1) is 5.92 Å². The number of allylic oxidation sites excluding steroid dienone is 1. The number of fused-ring (bicyclic) bond motifs is 1. The molecule has 0 fully saturated rings. The number of nitrogens with two attached hydrogens (primary N) is 1. The van der Waals surface area contributed by atoms with Crippen molar-refractivity contribution < 1.29 is 4.52 Å². The van der Waals surface area contributed by atoms with Gasteiger partial charge in [-0.05, 0) is 36.8 Å². The second kappa shape index (κ2) is 5.11. The number of rotatable bonds is 2. The van der Waals surface area contributed by atoms with Crippen molar-refractivity contribution in [1.29, 1.82) is 0 Å². The molecule has 1 aromatic heterocycles. The SMILES string of the molecule is NC1C=CC(c2nc(C3CCCc4ccccc43)no2)C1. The number of nitrogens with zero attached hydrogens (tertiary/aromatic N) is 2. The van der Waals surface area contributed by atoms with Crippen LogP contribution in [0.4, 0.5) is 0 Å². The molecule has 1 aromatic carbocycles. The Morgan fingerprint density at radius 2 is 2.10 bits per heavy atom. The second-order valence-corrected chi connectivity index (χ2v) is 6.03. The first-order valence-electron chi connectivity index (χ1n) is 7.66. The lowest BCUT2D eigenvalue weighted by Crippen LogP contribution is -2.14. The maximum Gasteiger partial charge on any atom is 0.233 e. The summed E-state index contributed by atoms with van der Waals surface area (Å²) in [6.45, 7) is 0. The molecule has 108 valence electrons. The topological polar surface area (TPSA) is 64.9 Å². The summed E-state index contributed by atoms with van der Waals surface area (Å²) in [6.07, 6.45) is 8.39. The fourth-order valence-corrected chi connectivity index (χ4v) is 3.47. The Balaban J connectivity index is 1.63. The smallest absolute Gasteiger partial charge is 0.233 e. The monoisotopic (exact) mass is 281 g/mol. The van der Waals surface area contributed by atoms with Crippen molar-refractivity contribution in [3.8, 4) is 0 Å². The van der Waals surface area contributed by atoms with Crippen LogP contribution in [0.15, 0.2) is 40.9 Å². The fourth-order valence-electron chi connectivity index (χ4n) is 3.47. The van der Waals surface area contributed by atoms with Crippen molar-refractivity contribution >= 4 is 0 Å². The highest BCUT2D eigenvalue weighted by molar-refractivity contribution is 5.36. The van der Waals surface area contributed by atoms with E-state index in [9.17, 15) is 0 Å². The number of aryl methyl sites for hydroxylation is 1. The lowest BCUT2D eigenvalue weighted by Gasteiger charge is -2.22. The van der Waals surface area contributed by atoms with Crippen molar-refractivity contribution in [3.05, 3.63) is 59.3 Å². The molecule has 1 heterocycles. The van der Waals surface area contributed by atoms with Gasteiger partial charge in [0.1, 0.15) is 0 Å². The van der Waals surface area contributed by atoms with Crippen molar-refractivity contribution in [2.24, 2.45) is 5.73 Å². The molecule has 0 saturated carbocycles. The number of hydrogen-bond donors (Lipinski definition) is 1. The zero-order valence-corrected chi connectivity index (χ0v) is 11.9. The maximum absolute atomic E-state index is 5.90. The molecular weight excluding hydrogens is 262 g/mol. The molecule has 2 aliphatic carbocycles. The van der Waals surface area contributed by atoms with E-state index in [1.54, 1.807) is 0 Å². The van der Waals surface area contributed by atoms with Gasteiger partial charge < -0.3 is 10.3 Å². The van der Waals surface area contributed by atoms with Gasteiger partial charge >= 0.3 is 0 Å². The summed E-state index contributed by atoms with van der Waals surface area (Å²) in [7, 11) is 0. The van der Waals surface area contributed by atoms with E-state index >= 15 is 0 Å². The van der Waals surface area contributed by atoms with Crippen LogP contribution in [-0.4, -0.2) is 16.2 Å². The van der Waals surface area contributed by atoms with E-state index in [-0.39, 0.29) is 17.9 Å². The number of benzene rings is 1. The summed E-state index contributed by atoms with van der Waals surface area (Å²) < 4.78 is 5.50. The standard InChI is InChI=1S/C17H19N3O/c18-13-9-8-12(10-13)17-19-16(20-21-17)15-7-3-5-11-4-1-2-6-14(11)15/h1-2,4,6,8-9,12-13,15H,3,5,7,10,18H2. The molecule has 4 rings (SSSR count). The van der Waals surface area contributed by atoms with E-state index in [1.165, 1.54) is 17.5 Å². The van der Waals surface area contributed by atoms with Crippen LogP contribution >= 0.6 is 0 Å². The molecule has 0 aliphatic heterocycles. The number of hydrogen-bond acceptors (Lipinski definition) is 4. The van der Waals surface area contributed by atoms with Gasteiger partial charge in [-0.15, -0.1) is 0 Å². The molecular formula is C17H19N3O. The van der Waals surface area contributed by atoms with Crippen LogP contribution in [0.25, 0.3) is 0 Å². The van der Waals surface area contributed by atoms with Gasteiger partial charge in [0, 0.05) is 12.0 Å². The highest BCUT2D eigenvalue weighted by Gasteiger charge is 2.28. The Morgan fingerprint density at radius 3 is 2.95 bits per heavy atom. The Labute approximate surface area is 124 Å². The van der Waals surface area contributed by atoms with Crippen molar-refractivity contribution in [1.82, 2.24) is 10.1 Å². The minimum atomic E-state index is 0.112. The fraction of sp³-hybridized carbons (Fsp3) is 0.412. The third-order valence-electron chi connectivity index (χ3n) is 4.57. The van der Waals surface area contributed by atoms with E-state index < -0.39 is 0 Å². The molecule has 4 heteroatoms. The predicted octanol–water partition coefficient (Wildman–Crippen LogP) is 2.91. The van der Waals surface area contributed by atoms with Crippen LogP contribution in [0.3, 0.4) is 0 Å². The van der Waals surface area contributed by atoms with Crippen molar-refractivity contribution in [2.75, 3.05) is 0 Å². The Hall–Kier alpha value is -1.94. The van der Waals surface area contributed by atoms with Crippen molar-refractivity contribution in [3.63, 3.8) is 0 Å². The molecule has 21 heavy (non-hydrogen) atoms. The van der Waals surface area contributed by atoms with Crippen LogP contribution < -0.4 is 5.73 Å². The van der Waals surface area contributed by atoms with Gasteiger partial charge in [-0.3, -0.25) is 0 Å². The van der Waals surface area contributed by atoms with E-state index in [4.69, 9.17) is 10.3 Å². The van der Waals surface area contributed by atoms with Gasteiger partial charge in [-0.2, -0.15) is 4.98 Å². The van der Waals surface area contributed by atoms with E-state index in [0.29, 0.717) is 5.89 Å². The summed E-state index contributed by atoms with van der Waals surface area (Å²) in [5.74, 6) is 1.98. The quantitative estimate of drug-likeness (QED) is 0.860. The molecule has 2 aromatic rings. The molecule has 0 amide bonds. The molecule has 2 aliphatic rings. The molecule has 0 bridgehead atoms. The molecule has 4 nitrogen and oxygen atoms in total. The second-order valence-electron chi connectivity index (χ2n) is 6.03. The highest BCUT2D eigenvalue weighted by atomic mass is 16.5. The first-order valence-corrected chi connectivity index (χ1v) is 7.66. The summed E-state index contributed by atoms with van der Waals surface area (Å²) in [4.78, 5) is 4.66. The Kier molecular flexibility index (Phi) is 3.11. The van der Waals surface area contributed by atoms with Crippen LogP contribution in [0.1, 0.15) is 53.9 Å². The third-order valence-corrected chi connectivity index (χ3v) is 4.57. The average Bonchev–Trinajstić information content (AvgIpc) is 3.15. The molecule has 3 unspecified atom stereocenters. The largest absolute Gasteiger partial charge is 0.339 e. The molecule has 0 spiro atoms. The molecule has 0 saturated heterocycles. The summed E-state index contributed by atoms with van der Waals surface area (Å²) in [5.41, 5.74) is 8.67. The normalized spacial score (nSPS) is 27.8. The highest BCUT2D eigenvalue weighted by Crippen LogP contribution is 2.36. The van der Waals surface area contributed by atoms with Crippen LogP contribution in [0.2, 0.25) is 0 Å². The van der Waals surface area contributed by atoms with E-state index in [1.807, 2.05) is 6.08 Å². The van der Waals surface area contributed by atoms with Crippen LogP contribution in [0, 0.1) is 0 Å². The number of aromatic nitrogens is 2. The lowest BCUT2D eigenvalue weighted by atomic mass is 9.82.